The molecule has 1 heterocycles. The van der Waals surface area contributed by atoms with Crippen molar-refractivity contribution in [3.05, 3.63) is 34.4 Å². The van der Waals surface area contributed by atoms with Crippen molar-refractivity contribution in [1.82, 2.24) is 9.88 Å². The van der Waals surface area contributed by atoms with Crippen molar-refractivity contribution in [2.75, 3.05) is 0 Å². The van der Waals surface area contributed by atoms with Crippen LogP contribution in [0.25, 0.3) is 10.9 Å². The minimum absolute atomic E-state index is 0.479. The topological polar surface area (TPSA) is 17.0 Å². The van der Waals surface area contributed by atoms with E-state index in [1.165, 1.54) is 16.6 Å². The molecular weight excluding hydrogens is 288 g/mol. The van der Waals surface area contributed by atoms with Crippen molar-refractivity contribution in [2.24, 2.45) is 0 Å². The summed E-state index contributed by atoms with van der Waals surface area (Å²) in [5, 5.41) is 4.80. The number of aromatic nitrogens is 1. The van der Waals surface area contributed by atoms with Crippen molar-refractivity contribution in [3.63, 3.8) is 0 Å². The first-order valence-electron chi connectivity index (χ1n) is 6.51. The Bertz CT molecular complexity index is 541. The zero-order valence-corrected chi connectivity index (χ0v) is 13.1. The van der Waals surface area contributed by atoms with Gasteiger partial charge in [-0.05, 0) is 38.1 Å². The number of rotatable bonds is 4. The highest BCUT2D eigenvalue weighted by Crippen LogP contribution is 2.26. The molecule has 0 unspecified atom stereocenters. The lowest BCUT2D eigenvalue weighted by Gasteiger charge is -2.16. The van der Waals surface area contributed by atoms with Crippen molar-refractivity contribution in [3.8, 4) is 0 Å². The molecule has 0 aliphatic heterocycles. The van der Waals surface area contributed by atoms with Gasteiger partial charge in [0.05, 0.1) is 0 Å². The number of nitrogens with one attached hydrogen (secondary N) is 1. The summed E-state index contributed by atoms with van der Waals surface area (Å²) in [5.41, 5.74) is 2.67. The first-order chi connectivity index (χ1) is 8.49. The summed E-state index contributed by atoms with van der Waals surface area (Å²) >= 11 is 3.54. The maximum Gasteiger partial charge on any atom is 0.0486 e. The molecule has 1 aromatic heterocycles. The van der Waals surface area contributed by atoms with E-state index >= 15 is 0 Å². The predicted molar refractivity (Wildman–Crippen MR) is 82.0 cm³/mol. The number of hydrogen-bond donors (Lipinski definition) is 1. The highest BCUT2D eigenvalue weighted by atomic mass is 79.9. The van der Waals surface area contributed by atoms with E-state index in [1.807, 2.05) is 0 Å². The molecule has 0 amide bonds. The van der Waals surface area contributed by atoms with Crippen LogP contribution in [0.5, 0.6) is 0 Å². The summed E-state index contributed by atoms with van der Waals surface area (Å²) in [5.74, 6) is 0. The summed E-state index contributed by atoms with van der Waals surface area (Å²) in [4.78, 5) is 0. The minimum atomic E-state index is 0.479. The molecule has 0 saturated carbocycles. The van der Waals surface area contributed by atoms with Crippen LogP contribution in [0.1, 0.15) is 39.4 Å². The van der Waals surface area contributed by atoms with Gasteiger partial charge in [-0.15, -0.1) is 0 Å². The number of halogens is 1. The van der Waals surface area contributed by atoms with Crippen LogP contribution in [0.2, 0.25) is 0 Å². The van der Waals surface area contributed by atoms with E-state index in [0.717, 1.165) is 11.0 Å². The Morgan fingerprint density at radius 2 is 1.89 bits per heavy atom. The Hall–Kier alpha value is -0.800. The van der Waals surface area contributed by atoms with Gasteiger partial charge in [0.15, 0.2) is 0 Å². The molecule has 0 aliphatic carbocycles. The Morgan fingerprint density at radius 1 is 1.17 bits per heavy atom. The summed E-state index contributed by atoms with van der Waals surface area (Å²) in [7, 11) is 0. The Balaban J connectivity index is 2.47. The number of nitrogens with zero attached hydrogens (tertiary/aromatic N) is 1. The molecule has 2 nitrogen and oxygen atoms in total. The standard InChI is InChI=1S/C15H21BrN2/c1-10(2)17-9-14-8-12-7-13(16)5-6-15(12)18(14)11(3)4/h5-8,10-11,17H,9H2,1-4H3. The van der Waals surface area contributed by atoms with Gasteiger partial charge in [-0.3, -0.25) is 0 Å². The van der Waals surface area contributed by atoms with Crippen LogP contribution in [-0.4, -0.2) is 10.6 Å². The second-order valence-corrected chi connectivity index (χ2v) is 6.25. The van der Waals surface area contributed by atoms with Gasteiger partial charge in [-0.25, -0.2) is 0 Å². The molecule has 0 atom stereocenters. The molecule has 0 fully saturated rings. The van der Waals surface area contributed by atoms with Gasteiger partial charge in [-0.2, -0.15) is 0 Å². The quantitative estimate of drug-likeness (QED) is 0.881. The molecule has 18 heavy (non-hydrogen) atoms. The maximum absolute atomic E-state index is 3.54. The van der Waals surface area contributed by atoms with Crippen LogP contribution in [-0.2, 0) is 6.54 Å². The summed E-state index contributed by atoms with van der Waals surface area (Å²) < 4.78 is 3.55. The fraction of sp³-hybridized carbons (Fsp3) is 0.467. The van der Waals surface area contributed by atoms with Gasteiger partial charge in [-0.1, -0.05) is 29.8 Å². The van der Waals surface area contributed by atoms with Gasteiger partial charge in [0.2, 0.25) is 0 Å². The smallest absolute Gasteiger partial charge is 0.0486 e. The molecule has 0 bridgehead atoms. The average molecular weight is 309 g/mol. The first-order valence-corrected chi connectivity index (χ1v) is 7.31. The van der Waals surface area contributed by atoms with Crippen molar-refractivity contribution < 1.29 is 0 Å². The minimum Gasteiger partial charge on any atom is -0.341 e. The summed E-state index contributed by atoms with van der Waals surface area (Å²) in [6, 6.07) is 9.77. The van der Waals surface area contributed by atoms with E-state index in [-0.39, 0.29) is 0 Å². The van der Waals surface area contributed by atoms with Crippen LogP contribution in [0.3, 0.4) is 0 Å². The molecule has 0 saturated heterocycles. The van der Waals surface area contributed by atoms with E-state index in [0.29, 0.717) is 12.1 Å². The van der Waals surface area contributed by atoms with Gasteiger partial charge in [0.1, 0.15) is 0 Å². The van der Waals surface area contributed by atoms with Crippen LogP contribution in [0.4, 0.5) is 0 Å². The lowest BCUT2D eigenvalue weighted by molar-refractivity contribution is 0.534. The molecule has 2 aromatic rings. The van der Waals surface area contributed by atoms with Crippen molar-refractivity contribution >= 4 is 26.8 Å². The van der Waals surface area contributed by atoms with E-state index in [2.05, 4.69) is 77.8 Å². The third-order valence-corrected chi connectivity index (χ3v) is 3.58. The zero-order valence-electron chi connectivity index (χ0n) is 11.5. The summed E-state index contributed by atoms with van der Waals surface area (Å²) in [6.45, 7) is 9.75. The van der Waals surface area contributed by atoms with Crippen LogP contribution in [0, 0.1) is 0 Å². The Kier molecular flexibility index (Phi) is 4.13. The van der Waals surface area contributed by atoms with Crippen molar-refractivity contribution in [2.45, 2.75) is 46.3 Å². The Morgan fingerprint density at radius 3 is 2.50 bits per heavy atom. The van der Waals surface area contributed by atoms with Gasteiger partial charge < -0.3 is 9.88 Å². The van der Waals surface area contributed by atoms with E-state index in [1.54, 1.807) is 0 Å². The summed E-state index contributed by atoms with van der Waals surface area (Å²) in [6.07, 6.45) is 0. The molecule has 2 rings (SSSR count). The molecular formula is C15H21BrN2. The fourth-order valence-electron chi connectivity index (χ4n) is 2.32. The fourth-order valence-corrected chi connectivity index (χ4v) is 2.70. The normalized spacial score (nSPS) is 11.9. The third-order valence-electron chi connectivity index (χ3n) is 3.09. The maximum atomic E-state index is 3.54. The number of hydrogen-bond acceptors (Lipinski definition) is 1. The largest absolute Gasteiger partial charge is 0.341 e. The zero-order chi connectivity index (χ0) is 13.3. The predicted octanol–water partition coefficient (Wildman–Crippen LogP) is 4.48. The van der Waals surface area contributed by atoms with E-state index < -0.39 is 0 Å². The van der Waals surface area contributed by atoms with Gasteiger partial charge >= 0.3 is 0 Å². The molecule has 0 radical (unpaired) electrons. The second-order valence-electron chi connectivity index (χ2n) is 5.34. The lowest BCUT2D eigenvalue weighted by Crippen LogP contribution is -2.23. The van der Waals surface area contributed by atoms with Crippen molar-refractivity contribution in [1.29, 1.82) is 0 Å². The highest BCUT2D eigenvalue weighted by molar-refractivity contribution is 9.10. The van der Waals surface area contributed by atoms with Crippen LogP contribution < -0.4 is 5.32 Å². The highest BCUT2D eigenvalue weighted by Gasteiger charge is 2.11. The Labute approximate surface area is 118 Å². The molecule has 0 aliphatic rings. The molecule has 3 heteroatoms. The SMILES string of the molecule is CC(C)NCc1cc2cc(Br)ccc2n1C(C)C. The second kappa shape index (κ2) is 5.45. The molecule has 0 spiro atoms. The van der Waals surface area contributed by atoms with E-state index in [4.69, 9.17) is 0 Å². The van der Waals surface area contributed by atoms with E-state index in [9.17, 15) is 0 Å². The monoisotopic (exact) mass is 308 g/mol. The van der Waals surface area contributed by atoms with Crippen LogP contribution in [0.15, 0.2) is 28.7 Å². The third kappa shape index (κ3) is 2.78. The molecule has 1 aromatic carbocycles. The lowest BCUT2D eigenvalue weighted by atomic mass is 10.2. The van der Waals surface area contributed by atoms with Gasteiger partial charge in [0, 0.05) is 39.7 Å². The van der Waals surface area contributed by atoms with Crippen LogP contribution >= 0.6 is 15.9 Å². The molecule has 1 N–H and O–H groups in total. The van der Waals surface area contributed by atoms with Gasteiger partial charge in [0.25, 0.3) is 0 Å². The first kappa shape index (κ1) is 13.6. The number of benzene rings is 1. The average Bonchev–Trinajstić information content (AvgIpc) is 2.63. The molecule has 98 valence electrons. The number of fused-ring (bicyclic) bond motifs is 1.